The van der Waals surface area contributed by atoms with Gasteiger partial charge in [-0.25, -0.2) is 18.4 Å². The van der Waals surface area contributed by atoms with E-state index < -0.39 is 16.0 Å². The molecule has 1 aliphatic carbocycles. The molecule has 0 aromatic heterocycles. The summed E-state index contributed by atoms with van der Waals surface area (Å²) in [6.07, 6.45) is 2.33. The van der Waals surface area contributed by atoms with Crippen LogP contribution in [0.3, 0.4) is 0 Å². The van der Waals surface area contributed by atoms with E-state index in [4.69, 9.17) is 9.88 Å². The molecule has 0 saturated heterocycles. The van der Waals surface area contributed by atoms with Crippen molar-refractivity contribution in [3.63, 3.8) is 0 Å². The van der Waals surface area contributed by atoms with Crippen LogP contribution in [0.2, 0.25) is 0 Å². The summed E-state index contributed by atoms with van der Waals surface area (Å²) in [6.45, 7) is 1.95. The molecular weight excluding hydrogens is 254 g/mol. The van der Waals surface area contributed by atoms with Gasteiger partial charge in [0.25, 0.3) is 0 Å². The van der Waals surface area contributed by atoms with Crippen LogP contribution in [0.5, 0.6) is 0 Å². The van der Waals surface area contributed by atoms with Crippen LogP contribution in [0.25, 0.3) is 0 Å². The molecular formula is C12H15NO4S. The zero-order chi connectivity index (χ0) is 13.3. The fourth-order valence-corrected chi connectivity index (χ4v) is 3.12. The molecule has 0 spiro atoms. The van der Waals surface area contributed by atoms with Gasteiger partial charge in [-0.3, -0.25) is 0 Å². The van der Waals surface area contributed by atoms with E-state index in [0.717, 1.165) is 24.0 Å². The number of benzene rings is 1. The van der Waals surface area contributed by atoms with E-state index in [9.17, 15) is 13.2 Å². The number of primary sulfonamides is 1. The Bertz CT molecular complexity index is 592. The van der Waals surface area contributed by atoms with Gasteiger partial charge in [0.15, 0.2) is 0 Å². The molecule has 0 fully saturated rings. The van der Waals surface area contributed by atoms with Gasteiger partial charge in [-0.15, -0.1) is 0 Å². The molecule has 0 unspecified atom stereocenters. The number of sulfonamides is 1. The standard InChI is InChI=1S/C12H15NO4S/c1-2-17-12(14)9-6-8-4-3-5-10(8)11(7-9)18(13,15)16/h6-7H,2-5H2,1H3,(H2,13,15,16). The Balaban J connectivity index is 2.56. The first-order valence-corrected chi connectivity index (χ1v) is 7.34. The van der Waals surface area contributed by atoms with Crippen LogP contribution < -0.4 is 5.14 Å². The van der Waals surface area contributed by atoms with Crippen molar-refractivity contribution >= 4 is 16.0 Å². The highest BCUT2D eigenvalue weighted by molar-refractivity contribution is 7.89. The van der Waals surface area contributed by atoms with Crippen LogP contribution >= 0.6 is 0 Å². The van der Waals surface area contributed by atoms with Crippen molar-refractivity contribution in [2.75, 3.05) is 6.61 Å². The van der Waals surface area contributed by atoms with Gasteiger partial charge in [-0.2, -0.15) is 0 Å². The van der Waals surface area contributed by atoms with Gasteiger partial charge in [-0.05, 0) is 49.4 Å². The highest BCUT2D eigenvalue weighted by atomic mass is 32.2. The molecule has 0 atom stereocenters. The summed E-state index contributed by atoms with van der Waals surface area (Å²) in [5.41, 5.74) is 1.87. The highest BCUT2D eigenvalue weighted by Gasteiger charge is 2.24. The molecule has 0 bridgehead atoms. The second kappa shape index (κ2) is 4.70. The van der Waals surface area contributed by atoms with Crippen molar-refractivity contribution in [2.45, 2.75) is 31.1 Å². The number of esters is 1. The van der Waals surface area contributed by atoms with Crippen LogP contribution in [0, 0.1) is 0 Å². The quantitative estimate of drug-likeness (QED) is 0.829. The van der Waals surface area contributed by atoms with Gasteiger partial charge in [0, 0.05) is 0 Å². The molecule has 98 valence electrons. The second-order valence-corrected chi connectivity index (χ2v) is 5.76. The summed E-state index contributed by atoms with van der Waals surface area (Å²) in [7, 11) is -3.81. The van der Waals surface area contributed by atoms with E-state index in [1.807, 2.05) is 0 Å². The Morgan fingerprint density at radius 2 is 2.11 bits per heavy atom. The number of hydrogen-bond donors (Lipinski definition) is 1. The van der Waals surface area contributed by atoms with Crippen molar-refractivity contribution < 1.29 is 17.9 Å². The predicted octanol–water partition coefficient (Wildman–Crippen LogP) is 0.999. The Morgan fingerprint density at radius 1 is 1.39 bits per heavy atom. The number of carbonyl (C=O) groups is 1. The third-order valence-electron chi connectivity index (χ3n) is 2.99. The molecule has 1 aromatic carbocycles. The molecule has 0 saturated carbocycles. The van der Waals surface area contributed by atoms with Crippen LogP contribution in [0.15, 0.2) is 17.0 Å². The van der Waals surface area contributed by atoms with E-state index in [2.05, 4.69) is 0 Å². The summed E-state index contributed by atoms with van der Waals surface area (Å²) in [5.74, 6) is -0.517. The topological polar surface area (TPSA) is 86.5 Å². The minimum Gasteiger partial charge on any atom is -0.462 e. The first-order chi connectivity index (χ1) is 8.43. The van der Waals surface area contributed by atoms with Crippen molar-refractivity contribution in [3.05, 3.63) is 28.8 Å². The molecule has 1 aromatic rings. The maximum absolute atomic E-state index is 11.7. The number of fused-ring (bicyclic) bond motifs is 1. The average molecular weight is 269 g/mol. The van der Waals surface area contributed by atoms with Gasteiger partial charge >= 0.3 is 5.97 Å². The zero-order valence-corrected chi connectivity index (χ0v) is 10.9. The van der Waals surface area contributed by atoms with E-state index in [1.54, 1.807) is 13.0 Å². The van der Waals surface area contributed by atoms with Crippen molar-refractivity contribution in [1.82, 2.24) is 0 Å². The molecule has 5 nitrogen and oxygen atoms in total. The smallest absolute Gasteiger partial charge is 0.338 e. The van der Waals surface area contributed by atoms with Gasteiger partial charge in [0.2, 0.25) is 10.0 Å². The number of aryl methyl sites for hydroxylation is 1. The molecule has 0 amide bonds. The summed E-state index contributed by atoms with van der Waals surface area (Å²) in [6, 6.07) is 3.02. The summed E-state index contributed by atoms with van der Waals surface area (Å²) < 4.78 is 28.0. The number of ether oxygens (including phenoxy) is 1. The minimum absolute atomic E-state index is 0.0561. The molecule has 0 aliphatic heterocycles. The summed E-state index contributed by atoms with van der Waals surface area (Å²) in [4.78, 5) is 11.7. The largest absolute Gasteiger partial charge is 0.462 e. The van der Waals surface area contributed by atoms with E-state index in [0.29, 0.717) is 6.42 Å². The lowest BCUT2D eigenvalue weighted by atomic mass is 10.1. The van der Waals surface area contributed by atoms with Crippen LogP contribution in [-0.4, -0.2) is 21.0 Å². The lowest BCUT2D eigenvalue weighted by Gasteiger charge is -2.09. The van der Waals surface area contributed by atoms with Gasteiger partial charge in [0.1, 0.15) is 0 Å². The zero-order valence-electron chi connectivity index (χ0n) is 10.1. The number of rotatable bonds is 3. The van der Waals surface area contributed by atoms with Gasteiger partial charge < -0.3 is 4.74 Å². The molecule has 0 radical (unpaired) electrons. The molecule has 0 heterocycles. The SMILES string of the molecule is CCOC(=O)c1cc2c(c(S(N)(=O)=O)c1)CCC2. The molecule has 2 rings (SSSR count). The first-order valence-electron chi connectivity index (χ1n) is 5.79. The highest BCUT2D eigenvalue weighted by Crippen LogP contribution is 2.29. The van der Waals surface area contributed by atoms with E-state index in [-0.39, 0.29) is 17.1 Å². The van der Waals surface area contributed by atoms with E-state index >= 15 is 0 Å². The normalized spacial score (nSPS) is 14.3. The Labute approximate surface area is 106 Å². The average Bonchev–Trinajstić information content (AvgIpc) is 2.74. The lowest BCUT2D eigenvalue weighted by molar-refractivity contribution is 0.0526. The fraction of sp³-hybridized carbons (Fsp3) is 0.417. The maximum atomic E-state index is 11.7. The fourth-order valence-electron chi connectivity index (χ4n) is 2.25. The summed E-state index contributed by atoms with van der Waals surface area (Å²) in [5, 5.41) is 5.19. The van der Waals surface area contributed by atoms with Crippen molar-refractivity contribution in [2.24, 2.45) is 5.14 Å². The van der Waals surface area contributed by atoms with Gasteiger partial charge in [-0.1, -0.05) is 0 Å². The van der Waals surface area contributed by atoms with Crippen LogP contribution in [0.1, 0.15) is 34.8 Å². The number of hydrogen-bond acceptors (Lipinski definition) is 4. The molecule has 1 aliphatic rings. The second-order valence-electron chi connectivity index (χ2n) is 4.23. The molecule has 6 heteroatoms. The summed E-state index contributed by atoms with van der Waals surface area (Å²) >= 11 is 0. The predicted molar refractivity (Wildman–Crippen MR) is 65.8 cm³/mol. The monoisotopic (exact) mass is 269 g/mol. The number of nitrogens with two attached hydrogens (primary N) is 1. The van der Waals surface area contributed by atoms with Crippen LogP contribution in [0.4, 0.5) is 0 Å². The molecule has 2 N–H and O–H groups in total. The molecule has 18 heavy (non-hydrogen) atoms. The van der Waals surface area contributed by atoms with Gasteiger partial charge in [0.05, 0.1) is 17.1 Å². The van der Waals surface area contributed by atoms with E-state index in [1.165, 1.54) is 6.07 Å². The van der Waals surface area contributed by atoms with Crippen molar-refractivity contribution in [1.29, 1.82) is 0 Å². The lowest BCUT2D eigenvalue weighted by Crippen LogP contribution is -2.16. The third kappa shape index (κ3) is 2.39. The van der Waals surface area contributed by atoms with Crippen LogP contribution in [-0.2, 0) is 27.6 Å². The maximum Gasteiger partial charge on any atom is 0.338 e. The van der Waals surface area contributed by atoms with Crippen molar-refractivity contribution in [3.8, 4) is 0 Å². The number of carbonyl (C=O) groups excluding carboxylic acids is 1. The third-order valence-corrected chi connectivity index (χ3v) is 3.97. The Hall–Kier alpha value is -1.40. The first kappa shape index (κ1) is 13.0. The minimum atomic E-state index is -3.81. The Kier molecular flexibility index (Phi) is 3.41. The Morgan fingerprint density at radius 3 is 2.72 bits per heavy atom.